The molecule has 27 heavy (non-hydrogen) atoms. The molecular weight excluding hydrogens is 340 g/mol. The molecule has 0 bridgehead atoms. The lowest BCUT2D eigenvalue weighted by Gasteiger charge is -2.25. The summed E-state index contributed by atoms with van der Waals surface area (Å²) < 4.78 is 13.0. The van der Waals surface area contributed by atoms with Crippen molar-refractivity contribution < 1.29 is 14.3 Å². The standard InChI is InChI=1S/C22H24N2O3/c1-24-17-8-5-4-7-15(17)16-13-14(11-12-18(16)24)23-22(25)21-19(26-2)9-6-10-20(21)27-3/h4-10,14H,11-13H2,1-3H3,(H,23,25). The van der Waals surface area contributed by atoms with Crippen LogP contribution in [0.3, 0.4) is 0 Å². The van der Waals surface area contributed by atoms with Crippen molar-refractivity contribution in [2.24, 2.45) is 7.05 Å². The molecule has 0 aliphatic heterocycles. The molecule has 1 heterocycles. The summed E-state index contributed by atoms with van der Waals surface area (Å²) in [6, 6.07) is 13.9. The summed E-state index contributed by atoms with van der Waals surface area (Å²) in [4.78, 5) is 13.0. The molecule has 5 heteroatoms. The van der Waals surface area contributed by atoms with Crippen LogP contribution in [0.5, 0.6) is 11.5 Å². The lowest BCUT2D eigenvalue weighted by molar-refractivity contribution is 0.0927. The normalized spacial score (nSPS) is 16.0. The number of aryl methyl sites for hydroxylation is 1. The van der Waals surface area contributed by atoms with Gasteiger partial charge in [-0.2, -0.15) is 0 Å². The molecule has 1 aliphatic rings. The Morgan fingerprint density at radius 1 is 1.07 bits per heavy atom. The SMILES string of the molecule is COc1cccc(OC)c1C(=O)NC1CCc2c(c3ccccc3n2C)C1. The fourth-order valence-electron chi connectivity index (χ4n) is 4.19. The van der Waals surface area contributed by atoms with Crippen LogP contribution >= 0.6 is 0 Å². The van der Waals surface area contributed by atoms with Crippen LogP contribution in [-0.2, 0) is 19.9 Å². The molecule has 140 valence electrons. The van der Waals surface area contributed by atoms with Crippen LogP contribution in [0.2, 0.25) is 0 Å². The van der Waals surface area contributed by atoms with Gasteiger partial charge in [0, 0.05) is 29.7 Å². The molecule has 0 saturated heterocycles. The monoisotopic (exact) mass is 364 g/mol. The first-order valence-electron chi connectivity index (χ1n) is 9.21. The largest absolute Gasteiger partial charge is 0.496 e. The highest BCUT2D eigenvalue weighted by Crippen LogP contribution is 2.32. The maximum absolute atomic E-state index is 13.0. The Kier molecular flexibility index (Phi) is 4.52. The van der Waals surface area contributed by atoms with E-state index in [0.717, 1.165) is 19.3 Å². The predicted molar refractivity (Wildman–Crippen MR) is 106 cm³/mol. The van der Waals surface area contributed by atoms with Crippen LogP contribution in [0.15, 0.2) is 42.5 Å². The highest BCUT2D eigenvalue weighted by molar-refractivity contribution is 6.00. The minimum Gasteiger partial charge on any atom is -0.496 e. The molecule has 1 aromatic heterocycles. The minimum atomic E-state index is -0.155. The minimum absolute atomic E-state index is 0.0884. The zero-order valence-corrected chi connectivity index (χ0v) is 15.9. The number of nitrogens with one attached hydrogen (secondary N) is 1. The van der Waals surface area contributed by atoms with Crippen molar-refractivity contribution in [2.45, 2.75) is 25.3 Å². The first-order chi connectivity index (χ1) is 13.1. The fraction of sp³-hybridized carbons (Fsp3) is 0.318. The molecule has 0 radical (unpaired) electrons. The number of amides is 1. The van der Waals surface area contributed by atoms with Gasteiger partial charge in [-0.15, -0.1) is 0 Å². The number of benzene rings is 2. The number of carbonyl (C=O) groups is 1. The summed E-state index contributed by atoms with van der Waals surface area (Å²) in [6.07, 6.45) is 2.70. The maximum Gasteiger partial charge on any atom is 0.259 e. The Bertz CT molecular complexity index is 984. The molecule has 1 aliphatic carbocycles. The molecule has 0 fully saturated rings. The Balaban J connectivity index is 1.61. The van der Waals surface area contributed by atoms with Gasteiger partial charge in [-0.1, -0.05) is 24.3 Å². The number of methoxy groups -OCH3 is 2. The zero-order valence-electron chi connectivity index (χ0n) is 15.9. The third-order valence-electron chi connectivity index (χ3n) is 5.51. The number of nitrogens with zero attached hydrogens (tertiary/aromatic N) is 1. The first kappa shape index (κ1) is 17.5. The molecule has 1 amide bonds. The van der Waals surface area contributed by atoms with Crippen LogP contribution in [0.25, 0.3) is 10.9 Å². The quantitative estimate of drug-likeness (QED) is 0.771. The second kappa shape index (κ2) is 6.99. The highest BCUT2D eigenvalue weighted by atomic mass is 16.5. The predicted octanol–water partition coefficient (Wildman–Crippen LogP) is 3.48. The van der Waals surface area contributed by atoms with Gasteiger partial charge >= 0.3 is 0 Å². The van der Waals surface area contributed by atoms with E-state index in [1.807, 2.05) is 6.07 Å². The fourth-order valence-corrected chi connectivity index (χ4v) is 4.19. The number of carbonyl (C=O) groups excluding carboxylic acids is 1. The summed E-state index contributed by atoms with van der Waals surface area (Å²) >= 11 is 0. The van der Waals surface area contributed by atoms with Crippen molar-refractivity contribution in [3.8, 4) is 11.5 Å². The van der Waals surface area contributed by atoms with E-state index in [4.69, 9.17) is 9.47 Å². The number of aromatic nitrogens is 1. The third kappa shape index (κ3) is 2.93. The topological polar surface area (TPSA) is 52.5 Å². The van der Waals surface area contributed by atoms with Crippen molar-refractivity contribution >= 4 is 16.8 Å². The van der Waals surface area contributed by atoms with Gasteiger partial charge in [-0.3, -0.25) is 4.79 Å². The van der Waals surface area contributed by atoms with Crippen LogP contribution < -0.4 is 14.8 Å². The van der Waals surface area contributed by atoms with Gasteiger partial charge in [0.1, 0.15) is 17.1 Å². The Labute approximate surface area is 158 Å². The highest BCUT2D eigenvalue weighted by Gasteiger charge is 2.27. The number of ether oxygens (including phenoxy) is 2. The van der Waals surface area contributed by atoms with Crippen LogP contribution in [0, 0.1) is 0 Å². The van der Waals surface area contributed by atoms with Crippen LogP contribution in [-0.4, -0.2) is 30.7 Å². The lowest BCUT2D eigenvalue weighted by atomic mass is 9.91. The summed E-state index contributed by atoms with van der Waals surface area (Å²) in [5.74, 6) is 0.889. The molecule has 3 aromatic rings. The Morgan fingerprint density at radius 3 is 2.48 bits per heavy atom. The van der Waals surface area contributed by atoms with Gasteiger partial charge in [-0.25, -0.2) is 0 Å². The van der Waals surface area contributed by atoms with Gasteiger partial charge in [-0.05, 0) is 43.0 Å². The Hall–Kier alpha value is -2.95. The van der Waals surface area contributed by atoms with Crippen molar-refractivity contribution in [1.82, 2.24) is 9.88 Å². The number of para-hydroxylation sites is 1. The maximum atomic E-state index is 13.0. The van der Waals surface area contributed by atoms with E-state index in [0.29, 0.717) is 17.1 Å². The molecule has 1 N–H and O–H groups in total. The van der Waals surface area contributed by atoms with Crippen LogP contribution in [0.1, 0.15) is 28.0 Å². The summed E-state index contributed by atoms with van der Waals surface area (Å²) in [6.45, 7) is 0. The third-order valence-corrected chi connectivity index (χ3v) is 5.51. The first-order valence-corrected chi connectivity index (χ1v) is 9.21. The van der Waals surface area contributed by atoms with E-state index in [9.17, 15) is 4.79 Å². The van der Waals surface area contributed by atoms with E-state index in [-0.39, 0.29) is 11.9 Å². The van der Waals surface area contributed by atoms with Gasteiger partial charge < -0.3 is 19.4 Å². The van der Waals surface area contributed by atoms with E-state index in [1.165, 1.54) is 22.2 Å². The van der Waals surface area contributed by atoms with Gasteiger partial charge in [0.25, 0.3) is 5.91 Å². The summed E-state index contributed by atoms with van der Waals surface area (Å²) in [7, 11) is 5.25. The molecule has 5 nitrogen and oxygen atoms in total. The number of rotatable bonds is 4. The summed E-state index contributed by atoms with van der Waals surface area (Å²) in [5, 5.41) is 4.47. The molecule has 1 unspecified atom stereocenters. The van der Waals surface area contributed by atoms with E-state index in [1.54, 1.807) is 26.4 Å². The second-order valence-electron chi connectivity index (χ2n) is 6.95. The van der Waals surface area contributed by atoms with Crippen molar-refractivity contribution in [3.05, 3.63) is 59.3 Å². The average Bonchev–Trinajstić information content (AvgIpc) is 2.99. The number of hydrogen-bond donors (Lipinski definition) is 1. The number of fused-ring (bicyclic) bond motifs is 3. The van der Waals surface area contributed by atoms with E-state index in [2.05, 4.69) is 41.2 Å². The van der Waals surface area contributed by atoms with Gasteiger partial charge in [0.15, 0.2) is 0 Å². The van der Waals surface area contributed by atoms with Gasteiger partial charge in [0.05, 0.1) is 14.2 Å². The van der Waals surface area contributed by atoms with Gasteiger partial charge in [0.2, 0.25) is 0 Å². The number of hydrogen-bond acceptors (Lipinski definition) is 3. The molecule has 0 spiro atoms. The zero-order chi connectivity index (χ0) is 19.0. The average molecular weight is 364 g/mol. The second-order valence-corrected chi connectivity index (χ2v) is 6.95. The molecule has 1 atom stereocenters. The smallest absolute Gasteiger partial charge is 0.259 e. The Morgan fingerprint density at radius 2 is 1.78 bits per heavy atom. The summed E-state index contributed by atoms with van der Waals surface area (Å²) in [5.41, 5.74) is 4.42. The van der Waals surface area contributed by atoms with Crippen molar-refractivity contribution in [3.63, 3.8) is 0 Å². The molecule has 2 aromatic carbocycles. The van der Waals surface area contributed by atoms with E-state index < -0.39 is 0 Å². The van der Waals surface area contributed by atoms with Crippen molar-refractivity contribution in [2.75, 3.05) is 14.2 Å². The van der Waals surface area contributed by atoms with Crippen molar-refractivity contribution in [1.29, 1.82) is 0 Å². The lowest BCUT2D eigenvalue weighted by Crippen LogP contribution is -2.39. The molecule has 0 saturated carbocycles. The molecular formula is C22H24N2O3. The molecule has 4 rings (SSSR count). The van der Waals surface area contributed by atoms with E-state index >= 15 is 0 Å². The van der Waals surface area contributed by atoms with Crippen LogP contribution in [0.4, 0.5) is 0 Å².